The van der Waals surface area contributed by atoms with Gasteiger partial charge in [0.15, 0.2) is 12.2 Å². The first-order valence-electron chi connectivity index (χ1n) is 41.7. The molecular weight excluding hydrogens is 1430 g/mol. The van der Waals surface area contributed by atoms with E-state index in [1.807, 2.05) is 36.5 Å². The zero-order chi connectivity index (χ0) is 80.3. The molecule has 0 amide bonds. The molecule has 0 fully saturated rings. The highest BCUT2D eigenvalue weighted by Gasteiger charge is 2.30. The summed E-state index contributed by atoms with van der Waals surface area (Å²) in [6, 6.07) is 0. The average Bonchev–Trinajstić information content (AvgIpc) is 0.942. The summed E-state index contributed by atoms with van der Waals surface area (Å²) in [6.07, 6.45) is 100. The fourth-order valence-electron chi connectivity index (χ4n) is 10.3. The Hall–Kier alpha value is -6.10. The number of allylic oxidation sites excluding steroid dienone is 32. The highest BCUT2D eigenvalue weighted by atomic mass is 31.2. The average molecular weight is 1570 g/mol. The summed E-state index contributed by atoms with van der Waals surface area (Å²) in [5, 5.41) is 10.7. The smallest absolute Gasteiger partial charge is 0.462 e. The lowest BCUT2D eigenvalue weighted by atomic mass is 10.0. The molecule has 0 rings (SSSR count). The van der Waals surface area contributed by atoms with Crippen LogP contribution >= 0.6 is 15.6 Å². The quantitative estimate of drug-likeness (QED) is 0.0169. The van der Waals surface area contributed by atoms with E-state index >= 15 is 0 Å². The van der Waals surface area contributed by atoms with Crippen LogP contribution in [0.15, 0.2) is 194 Å². The third kappa shape index (κ3) is 80.0. The van der Waals surface area contributed by atoms with Gasteiger partial charge in [0.05, 0.1) is 26.4 Å². The molecule has 622 valence electrons. The van der Waals surface area contributed by atoms with Gasteiger partial charge in [-0.2, -0.15) is 0 Å². The largest absolute Gasteiger partial charge is 0.472 e. The monoisotopic (exact) mass is 1570 g/mol. The molecule has 19 heteroatoms. The molecule has 0 heterocycles. The van der Waals surface area contributed by atoms with Crippen LogP contribution in [0.2, 0.25) is 0 Å². The summed E-state index contributed by atoms with van der Waals surface area (Å²) in [7, 11) is -10.0. The molecule has 3 N–H and O–H groups in total. The molecule has 0 aliphatic carbocycles. The Morgan fingerprint density at radius 1 is 0.264 bits per heavy atom. The lowest BCUT2D eigenvalue weighted by molar-refractivity contribution is -0.161. The van der Waals surface area contributed by atoms with Gasteiger partial charge in [-0.15, -0.1) is 0 Å². The van der Waals surface area contributed by atoms with Crippen LogP contribution in [-0.2, 0) is 65.4 Å². The Bertz CT molecular complexity index is 2850. The number of unbranched alkanes of at least 4 members (excludes halogenated alkanes) is 18. The molecule has 0 saturated carbocycles. The SMILES string of the molecule is CC/C=C\C/C=C\C/C=C\C/C=C\C/C=C\C/C=C\CCC(=O)OC[C@H](COP(=O)(O)OC[C@@H](O)COP(=O)(O)OC[C@@H](COC(=O)CCCCC/C=C\C/C=C\C/C=C\C/C=C\C/C=C\CC)OC(=O)CC/C=C\C/C=C\C/C=C\C/C=C\C/C=C\CCCCC)OC(=O)CCCCCCCCCCCCCCC. The van der Waals surface area contributed by atoms with Crippen molar-refractivity contribution in [3.8, 4) is 0 Å². The molecule has 0 saturated heterocycles. The number of esters is 4. The van der Waals surface area contributed by atoms with Gasteiger partial charge in [-0.05, 0) is 148 Å². The highest BCUT2D eigenvalue weighted by Crippen LogP contribution is 2.45. The number of aliphatic hydroxyl groups excluding tert-OH is 1. The molecule has 17 nitrogen and oxygen atoms in total. The van der Waals surface area contributed by atoms with Crippen LogP contribution in [0.3, 0.4) is 0 Å². The Balaban J connectivity index is 5.54. The van der Waals surface area contributed by atoms with Gasteiger partial charge < -0.3 is 33.8 Å². The summed E-state index contributed by atoms with van der Waals surface area (Å²) in [6.45, 7) is 4.40. The van der Waals surface area contributed by atoms with E-state index in [-0.39, 0.29) is 25.7 Å². The van der Waals surface area contributed by atoms with Gasteiger partial charge in [-0.25, -0.2) is 9.13 Å². The third-order valence-electron chi connectivity index (χ3n) is 16.6. The number of carbonyl (C=O) groups excluding carboxylic acids is 4. The van der Waals surface area contributed by atoms with E-state index < -0.39 is 97.5 Å². The van der Waals surface area contributed by atoms with Crippen molar-refractivity contribution in [2.45, 2.75) is 316 Å². The van der Waals surface area contributed by atoms with Crippen molar-refractivity contribution < 1.29 is 80.2 Å². The van der Waals surface area contributed by atoms with E-state index in [0.29, 0.717) is 38.5 Å². The van der Waals surface area contributed by atoms with E-state index in [0.717, 1.165) is 135 Å². The first-order chi connectivity index (χ1) is 53.7. The van der Waals surface area contributed by atoms with Gasteiger partial charge in [0, 0.05) is 25.7 Å². The van der Waals surface area contributed by atoms with Gasteiger partial charge in [-0.1, -0.05) is 318 Å². The van der Waals surface area contributed by atoms with E-state index in [2.05, 4.69) is 186 Å². The van der Waals surface area contributed by atoms with Crippen molar-refractivity contribution >= 4 is 39.5 Å². The van der Waals surface area contributed by atoms with Gasteiger partial charge in [0.25, 0.3) is 0 Å². The van der Waals surface area contributed by atoms with E-state index in [1.165, 1.54) is 70.6 Å². The zero-order valence-corrected chi connectivity index (χ0v) is 69.9. The maximum absolute atomic E-state index is 13.1. The van der Waals surface area contributed by atoms with Gasteiger partial charge >= 0.3 is 39.5 Å². The Kier molecular flexibility index (Phi) is 76.4. The molecule has 0 aliphatic heterocycles. The molecule has 0 bridgehead atoms. The lowest BCUT2D eigenvalue weighted by Gasteiger charge is -2.21. The fraction of sp³-hybridized carbons (Fsp3) is 0.604. The Morgan fingerprint density at radius 3 is 0.818 bits per heavy atom. The molecule has 5 atom stereocenters. The summed E-state index contributed by atoms with van der Waals surface area (Å²) >= 11 is 0. The maximum atomic E-state index is 13.1. The fourth-order valence-corrected chi connectivity index (χ4v) is 11.9. The molecule has 0 radical (unpaired) electrons. The molecule has 0 aromatic rings. The number of aliphatic hydroxyl groups is 1. The molecule has 0 aliphatic rings. The number of phosphoric ester groups is 2. The van der Waals surface area contributed by atoms with Crippen molar-refractivity contribution in [2.75, 3.05) is 39.6 Å². The summed E-state index contributed by atoms with van der Waals surface area (Å²) in [4.78, 5) is 73.1. The van der Waals surface area contributed by atoms with Crippen LogP contribution in [0.1, 0.15) is 297 Å². The Morgan fingerprint density at radius 2 is 0.491 bits per heavy atom. The summed E-state index contributed by atoms with van der Waals surface area (Å²) in [5.74, 6) is -2.42. The predicted molar refractivity (Wildman–Crippen MR) is 454 cm³/mol. The molecule has 0 aromatic heterocycles. The minimum absolute atomic E-state index is 0.0290. The second-order valence-corrected chi connectivity index (χ2v) is 29.9. The molecular formula is C91H146O17P2. The number of rotatable bonds is 76. The third-order valence-corrected chi connectivity index (χ3v) is 18.5. The summed E-state index contributed by atoms with van der Waals surface area (Å²) < 4.78 is 68.5. The van der Waals surface area contributed by atoms with Crippen LogP contribution in [0.5, 0.6) is 0 Å². The minimum Gasteiger partial charge on any atom is -0.462 e. The first kappa shape index (κ1) is 104. The van der Waals surface area contributed by atoms with Crippen molar-refractivity contribution in [3.05, 3.63) is 194 Å². The molecule has 2 unspecified atom stereocenters. The minimum atomic E-state index is -5.02. The highest BCUT2D eigenvalue weighted by molar-refractivity contribution is 7.47. The topological polar surface area (TPSA) is 237 Å². The van der Waals surface area contributed by atoms with Crippen LogP contribution < -0.4 is 0 Å². The Labute approximate surface area is 666 Å². The van der Waals surface area contributed by atoms with Crippen molar-refractivity contribution in [2.24, 2.45) is 0 Å². The standard InChI is InChI=1S/C91H146O17P2/c1-5-9-13-17-21-25-29-33-36-39-42-45-48-52-55-59-63-67-71-75-88(93)101-81-86(107-90(95)77-73-69-65-61-57-51-32-28-24-20-16-12-8-4)83-105-109(97,98)103-79-85(92)80-104-110(99,100)106-84-87(108-91(96)78-74-70-66-62-58-54-50-47-44-41-38-35-31-27-23-19-15-11-7-3)82-102-89(94)76-72-68-64-60-56-53-49-46-43-40-37-34-30-26-22-18-14-10-6-2/h9-10,13-14,21-23,25-27,33-38,42-47,52-56,58,63,66-67,70,85-87,92H,5-8,11-12,15-20,24,28-32,39-41,48-51,57,59-62,64-65,68-69,71-84H2,1-4H3,(H,97,98)(H,99,100)/b13-9-,14-10-,25-21-,26-22-,27-23-,36-33-,37-34-,38-35-,45-42-,46-43-,47-44-,55-52-,56-53-,58-54-,67-63-,70-66-/t85-,86-,87-/m1/s1. The van der Waals surface area contributed by atoms with Gasteiger partial charge in [0.2, 0.25) is 0 Å². The second kappa shape index (κ2) is 80.9. The maximum Gasteiger partial charge on any atom is 0.472 e. The van der Waals surface area contributed by atoms with Crippen molar-refractivity contribution in [1.29, 1.82) is 0 Å². The normalized spacial score (nSPS) is 14.8. The number of ether oxygens (including phenoxy) is 4. The zero-order valence-electron chi connectivity index (χ0n) is 68.1. The van der Waals surface area contributed by atoms with Crippen LogP contribution in [0.25, 0.3) is 0 Å². The first-order valence-corrected chi connectivity index (χ1v) is 44.7. The van der Waals surface area contributed by atoms with Crippen LogP contribution in [0, 0.1) is 0 Å². The molecule has 0 spiro atoms. The number of hydrogen-bond donors (Lipinski definition) is 3. The van der Waals surface area contributed by atoms with E-state index in [9.17, 15) is 43.2 Å². The molecule has 110 heavy (non-hydrogen) atoms. The van der Waals surface area contributed by atoms with Crippen LogP contribution in [0.4, 0.5) is 0 Å². The summed E-state index contributed by atoms with van der Waals surface area (Å²) in [5.41, 5.74) is 0. The van der Waals surface area contributed by atoms with Crippen molar-refractivity contribution in [3.63, 3.8) is 0 Å². The number of carbonyl (C=O) groups is 4. The number of hydrogen-bond acceptors (Lipinski definition) is 15. The second-order valence-electron chi connectivity index (χ2n) is 27.0. The molecule has 0 aromatic carbocycles. The number of phosphoric acid groups is 2. The van der Waals surface area contributed by atoms with E-state index in [4.69, 9.17) is 37.0 Å². The van der Waals surface area contributed by atoms with Crippen molar-refractivity contribution in [1.82, 2.24) is 0 Å². The van der Waals surface area contributed by atoms with Gasteiger partial charge in [0.1, 0.15) is 19.3 Å². The van der Waals surface area contributed by atoms with E-state index in [1.54, 1.807) is 0 Å². The predicted octanol–water partition coefficient (Wildman–Crippen LogP) is 24.9. The van der Waals surface area contributed by atoms with Gasteiger partial charge in [-0.3, -0.25) is 37.3 Å². The lowest BCUT2D eigenvalue weighted by Crippen LogP contribution is -2.30. The van der Waals surface area contributed by atoms with Crippen LogP contribution in [-0.4, -0.2) is 96.7 Å².